The van der Waals surface area contributed by atoms with Gasteiger partial charge in [-0.15, -0.1) is 5.11 Å². The van der Waals surface area contributed by atoms with E-state index in [9.17, 15) is 30.1 Å². The summed E-state index contributed by atoms with van der Waals surface area (Å²) in [6.07, 6.45) is -1.23. The van der Waals surface area contributed by atoms with Gasteiger partial charge in [-0.25, -0.2) is 4.79 Å². The lowest BCUT2D eigenvalue weighted by Gasteiger charge is -2.07. The number of benzene rings is 2. The van der Waals surface area contributed by atoms with Crippen LogP contribution >= 0.6 is 0 Å². The molecule has 1 atom stereocenters. The van der Waals surface area contributed by atoms with Gasteiger partial charge in [-0.1, -0.05) is 12.1 Å². The number of nitro benzene ring substituents is 2. The van der Waals surface area contributed by atoms with Crippen LogP contribution in [0.1, 0.15) is 5.56 Å². The molecule has 2 aromatic rings. The molecule has 0 unspecified atom stereocenters. The van der Waals surface area contributed by atoms with Crippen molar-refractivity contribution in [1.29, 1.82) is 0 Å². The van der Waals surface area contributed by atoms with Gasteiger partial charge in [0.1, 0.15) is 0 Å². The maximum atomic E-state index is 11.2. The Balaban J connectivity index is 2.17. The summed E-state index contributed by atoms with van der Waals surface area (Å²) in [5.41, 5.74) is -0.0807. The van der Waals surface area contributed by atoms with Crippen molar-refractivity contribution in [1.82, 2.24) is 0 Å². The second-order valence-electron chi connectivity index (χ2n) is 5.30. The van der Waals surface area contributed by atoms with Crippen LogP contribution < -0.4 is 0 Å². The Kier molecular flexibility index (Phi) is 6.23. The first kappa shape index (κ1) is 19.6. The summed E-state index contributed by atoms with van der Waals surface area (Å²) in [6.45, 7) is 0. The van der Waals surface area contributed by atoms with E-state index in [1.807, 2.05) is 0 Å². The summed E-state index contributed by atoms with van der Waals surface area (Å²) in [6, 6.07) is 9.33. The van der Waals surface area contributed by atoms with Crippen molar-refractivity contribution in [3.05, 3.63) is 68.3 Å². The van der Waals surface area contributed by atoms with Crippen LogP contribution in [-0.4, -0.2) is 34.1 Å². The van der Waals surface area contributed by atoms with Crippen LogP contribution in [-0.2, 0) is 16.0 Å². The first-order valence-corrected chi connectivity index (χ1v) is 7.51. The van der Waals surface area contributed by atoms with Gasteiger partial charge in [0.05, 0.1) is 28.7 Å². The molecule has 0 fully saturated rings. The van der Waals surface area contributed by atoms with Gasteiger partial charge in [-0.05, 0) is 23.8 Å². The van der Waals surface area contributed by atoms with Crippen molar-refractivity contribution in [2.75, 3.05) is 7.11 Å². The van der Waals surface area contributed by atoms with E-state index in [2.05, 4.69) is 15.0 Å². The molecule has 2 rings (SSSR count). The number of aliphatic hydroxyl groups excluding tert-OH is 1. The molecular formula is C16H14N4O7. The number of carbonyl (C=O) groups excluding carboxylic acids is 1. The Hall–Kier alpha value is -3.73. The maximum absolute atomic E-state index is 11.2. The Labute approximate surface area is 152 Å². The highest BCUT2D eigenvalue weighted by Gasteiger charge is 2.19. The van der Waals surface area contributed by atoms with Gasteiger partial charge in [0.2, 0.25) is 0 Å². The van der Waals surface area contributed by atoms with Gasteiger partial charge in [-0.2, -0.15) is 5.11 Å². The number of aliphatic hydroxyl groups is 1. The molecule has 0 bridgehead atoms. The molecule has 11 heteroatoms. The van der Waals surface area contributed by atoms with Crippen molar-refractivity contribution in [2.24, 2.45) is 10.2 Å². The zero-order valence-corrected chi connectivity index (χ0v) is 14.0. The van der Waals surface area contributed by atoms with Gasteiger partial charge >= 0.3 is 11.7 Å². The fraction of sp³-hybridized carbons (Fsp3) is 0.188. The van der Waals surface area contributed by atoms with Gasteiger partial charge in [0.15, 0.2) is 11.8 Å². The third-order valence-electron chi connectivity index (χ3n) is 3.48. The van der Waals surface area contributed by atoms with E-state index in [0.29, 0.717) is 11.3 Å². The number of rotatable bonds is 7. The number of nitro groups is 2. The molecule has 0 aliphatic rings. The molecule has 0 radical (unpaired) electrons. The minimum atomic E-state index is -1.29. The molecule has 0 aliphatic heterocycles. The molecule has 0 spiro atoms. The average Bonchev–Trinajstić information content (AvgIpc) is 2.66. The smallest absolute Gasteiger partial charge is 0.335 e. The Morgan fingerprint density at radius 2 is 1.78 bits per heavy atom. The van der Waals surface area contributed by atoms with Crippen LogP contribution in [0.25, 0.3) is 0 Å². The quantitative estimate of drug-likeness (QED) is 0.337. The van der Waals surface area contributed by atoms with Gasteiger partial charge in [0.25, 0.3) is 5.69 Å². The second-order valence-corrected chi connectivity index (χ2v) is 5.30. The van der Waals surface area contributed by atoms with Gasteiger partial charge in [0, 0.05) is 12.5 Å². The standard InChI is InChI=1S/C16H14N4O7/c1-27-16(22)15(21)8-10-2-4-11(5-3-10)17-18-13-7-6-12(19(23)24)9-14(13)20(25)26/h2-7,9,15,21H,8H2,1H3/t15-/m0/s1. The zero-order valence-electron chi connectivity index (χ0n) is 14.0. The second kappa shape index (κ2) is 8.58. The van der Waals surface area contributed by atoms with E-state index >= 15 is 0 Å². The molecule has 0 aromatic heterocycles. The number of hydrogen-bond donors (Lipinski definition) is 1. The fourth-order valence-corrected chi connectivity index (χ4v) is 2.11. The van der Waals surface area contributed by atoms with Crippen LogP contribution in [0.3, 0.4) is 0 Å². The molecule has 2 aromatic carbocycles. The first-order valence-electron chi connectivity index (χ1n) is 7.51. The third-order valence-corrected chi connectivity index (χ3v) is 3.48. The molecule has 140 valence electrons. The lowest BCUT2D eigenvalue weighted by molar-refractivity contribution is -0.393. The predicted octanol–water partition coefficient (Wildman–Crippen LogP) is 2.99. The number of carbonyl (C=O) groups is 1. The maximum Gasteiger partial charge on any atom is 0.335 e. The van der Waals surface area contributed by atoms with Crippen molar-refractivity contribution in [2.45, 2.75) is 12.5 Å². The normalized spacial score (nSPS) is 11.9. The minimum Gasteiger partial charge on any atom is -0.467 e. The third kappa shape index (κ3) is 5.12. The van der Waals surface area contributed by atoms with E-state index < -0.39 is 33.3 Å². The highest BCUT2D eigenvalue weighted by Crippen LogP contribution is 2.32. The minimum absolute atomic E-state index is 0.0535. The number of azo groups is 1. The number of methoxy groups -OCH3 is 1. The largest absolute Gasteiger partial charge is 0.467 e. The summed E-state index contributed by atoms with van der Waals surface area (Å²) in [5.74, 6) is -0.746. The van der Waals surface area contributed by atoms with Crippen molar-refractivity contribution >= 4 is 28.7 Å². The van der Waals surface area contributed by atoms with Gasteiger partial charge in [-0.3, -0.25) is 20.2 Å². The van der Waals surface area contributed by atoms with E-state index in [1.54, 1.807) is 24.3 Å². The fourth-order valence-electron chi connectivity index (χ4n) is 2.11. The number of non-ortho nitro benzene ring substituents is 1. The number of ether oxygens (including phenoxy) is 1. The van der Waals surface area contributed by atoms with E-state index in [0.717, 1.165) is 18.2 Å². The summed E-state index contributed by atoms with van der Waals surface area (Å²) in [4.78, 5) is 31.4. The Morgan fingerprint density at radius 3 is 2.33 bits per heavy atom. The monoisotopic (exact) mass is 374 g/mol. The molecule has 1 N–H and O–H groups in total. The van der Waals surface area contributed by atoms with Crippen molar-refractivity contribution < 1.29 is 24.5 Å². The number of nitrogens with zero attached hydrogens (tertiary/aromatic N) is 4. The first-order chi connectivity index (χ1) is 12.8. The van der Waals surface area contributed by atoms with E-state index in [-0.39, 0.29) is 12.1 Å². The molecule has 0 amide bonds. The number of hydrogen-bond acceptors (Lipinski definition) is 9. The van der Waals surface area contributed by atoms with E-state index in [4.69, 9.17) is 0 Å². The topological polar surface area (TPSA) is 158 Å². The summed E-state index contributed by atoms with van der Waals surface area (Å²) in [5, 5.41) is 39.0. The molecular weight excluding hydrogens is 360 g/mol. The summed E-state index contributed by atoms with van der Waals surface area (Å²) in [7, 11) is 1.17. The molecule has 11 nitrogen and oxygen atoms in total. The van der Waals surface area contributed by atoms with Crippen LogP contribution in [0, 0.1) is 20.2 Å². The summed E-state index contributed by atoms with van der Waals surface area (Å²) < 4.78 is 4.43. The van der Waals surface area contributed by atoms with Crippen LogP contribution in [0.15, 0.2) is 52.7 Å². The Bertz CT molecular complexity index is 896. The molecule has 0 saturated heterocycles. The number of esters is 1. The van der Waals surface area contributed by atoms with Gasteiger partial charge < -0.3 is 9.84 Å². The van der Waals surface area contributed by atoms with Crippen LogP contribution in [0.4, 0.5) is 22.7 Å². The SMILES string of the molecule is COC(=O)[C@@H](O)Cc1ccc(N=Nc2ccc([N+](=O)[O-])cc2[N+](=O)[O-])cc1. The highest BCUT2D eigenvalue weighted by atomic mass is 16.6. The molecule has 0 heterocycles. The lowest BCUT2D eigenvalue weighted by Crippen LogP contribution is -2.23. The van der Waals surface area contributed by atoms with Crippen molar-refractivity contribution in [3.8, 4) is 0 Å². The van der Waals surface area contributed by atoms with Crippen molar-refractivity contribution in [3.63, 3.8) is 0 Å². The zero-order chi connectivity index (χ0) is 20.0. The molecule has 27 heavy (non-hydrogen) atoms. The highest BCUT2D eigenvalue weighted by molar-refractivity contribution is 5.74. The van der Waals surface area contributed by atoms with E-state index in [1.165, 1.54) is 7.11 Å². The van der Waals surface area contributed by atoms with Crippen LogP contribution in [0.2, 0.25) is 0 Å². The molecule has 0 saturated carbocycles. The predicted molar refractivity (Wildman–Crippen MR) is 92.1 cm³/mol. The average molecular weight is 374 g/mol. The summed E-state index contributed by atoms with van der Waals surface area (Å²) >= 11 is 0. The lowest BCUT2D eigenvalue weighted by atomic mass is 10.1. The molecule has 0 aliphatic carbocycles. The Morgan fingerprint density at radius 1 is 1.11 bits per heavy atom. The van der Waals surface area contributed by atoms with Crippen LogP contribution in [0.5, 0.6) is 0 Å².